The fourth-order valence-corrected chi connectivity index (χ4v) is 3.69. The molecule has 1 aromatic carbocycles. The van der Waals surface area contributed by atoms with Gasteiger partial charge in [-0.05, 0) is 31.2 Å². The van der Waals surface area contributed by atoms with Crippen LogP contribution in [0.25, 0.3) is 0 Å². The highest BCUT2D eigenvalue weighted by molar-refractivity contribution is 6.01. The lowest BCUT2D eigenvalue weighted by Crippen LogP contribution is -2.39. The predicted molar refractivity (Wildman–Crippen MR) is 95.1 cm³/mol. The monoisotopic (exact) mass is 359 g/mol. The molecule has 2 aliphatic rings. The van der Waals surface area contributed by atoms with Gasteiger partial charge in [0.25, 0.3) is 0 Å². The minimum atomic E-state index is -0.665. The van der Waals surface area contributed by atoms with E-state index in [-0.39, 0.29) is 30.4 Å². The molecule has 2 fully saturated rings. The molecule has 1 unspecified atom stereocenters. The van der Waals surface area contributed by atoms with Gasteiger partial charge in [0.2, 0.25) is 11.8 Å². The van der Waals surface area contributed by atoms with Crippen molar-refractivity contribution < 1.29 is 19.5 Å². The maximum atomic E-state index is 12.6. The molecule has 0 saturated carbocycles. The normalized spacial score (nSPS) is 21.2. The molecular weight excluding hydrogens is 334 g/mol. The van der Waals surface area contributed by atoms with Crippen molar-refractivity contribution in [2.75, 3.05) is 19.6 Å². The largest absolute Gasteiger partial charge is 0.386 e. The van der Waals surface area contributed by atoms with Gasteiger partial charge in [-0.2, -0.15) is 0 Å². The number of urea groups is 1. The molecule has 3 rings (SSSR count). The van der Waals surface area contributed by atoms with E-state index in [9.17, 15) is 19.5 Å². The molecule has 2 aliphatic heterocycles. The standard InChI is InChI=1S/C19H25N3O4/c23-16-13-21(19(26)20-16)11-5-4-10-17(24)22-12-6-9-15(22)18(25)14-7-2-1-3-8-14/h1-3,7-8,15,18,25H,4-6,9-13H2,(H,20,23,26)/t15-,18?/m0/s1. The predicted octanol–water partition coefficient (Wildman–Crippen LogP) is 1.43. The Morgan fingerprint density at radius 1 is 1.23 bits per heavy atom. The number of nitrogens with zero attached hydrogens (tertiary/aromatic N) is 2. The quantitative estimate of drug-likeness (QED) is 0.569. The Morgan fingerprint density at radius 3 is 2.69 bits per heavy atom. The minimum Gasteiger partial charge on any atom is -0.386 e. The van der Waals surface area contributed by atoms with E-state index < -0.39 is 6.10 Å². The highest BCUT2D eigenvalue weighted by Gasteiger charge is 2.34. The van der Waals surface area contributed by atoms with Crippen molar-refractivity contribution in [2.45, 2.75) is 44.2 Å². The Bertz CT molecular complexity index is 664. The van der Waals surface area contributed by atoms with Crippen LogP contribution in [0.1, 0.15) is 43.8 Å². The summed E-state index contributed by atoms with van der Waals surface area (Å²) < 4.78 is 0. The van der Waals surface area contributed by atoms with E-state index in [1.54, 1.807) is 4.90 Å². The van der Waals surface area contributed by atoms with Crippen molar-refractivity contribution in [1.29, 1.82) is 0 Å². The maximum Gasteiger partial charge on any atom is 0.324 e. The van der Waals surface area contributed by atoms with Gasteiger partial charge in [-0.25, -0.2) is 4.79 Å². The van der Waals surface area contributed by atoms with Gasteiger partial charge in [-0.3, -0.25) is 14.9 Å². The topological polar surface area (TPSA) is 90.0 Å². The minimum absolute atomic E-state index is 0.0458. The summed E-state index contributed by atoms with van der Waals surface area (Å²) >= 11 is 0. The lowest BCUT2D eigenvalue weighted by atomic mass is 10.00. The van der Waals surface area contributed by atoms with Crippen LogP contribution in [-0.2, 0) is 9.59 Å². The molecule has 0 spiro atoms. The maximum absolute atomic E-state index is 12.6. The first-order valence-electron chi connectivity index (χ1n) is 9.17. The lowest BCUT2D eigenvalue weighted by Gasteiger charge is -2.29. The molecule has 2 saturated heterocycles. The van der Waals surface area contributed by atoms with Crippen LogP contribution >= 0.6 is 0 Å². The molecule has 140 valence electrons. The molecule has 0 aromatic heterocycles. The molecule has 2 atom stereocenters. The first kappa shape index (κ1) is 18.4. The fraction of sp³-hybridized carbons (Fsp3) is 0.526. The molecule has 2 N–H and O–H groups in total. The Labute approximate surface area is 153 Å². The summed E-state index contributed by atoms with van der Waals surface area (Å²) in [5.41, 5.74) is 0.835. The van der Waals surface area contributed by atoms with Crippen molar-refractivity contribution in [3.8, 4) is 0 Å². The second-order valence-electron chi connectivity index (χ2n) is 6.88. The number of aliphatic hydroxyl groups is 1. The molecule has 0 aliphatic carbocycles. The molecule has 4 amide bonds. The van der Waals surface area contributed by atoms with Gasteiger partial charge in [-0.15, -0.1) is 0 Å². The number of amides is 4. The van der Waals surface area contributed by atoms with Crippen molar-refractivity contribution >= 4 is 17.8 Å². The van der Waals surface area contributed by atoms with Gasteiger partial charge in [0.05, 0.1) is 12.1 Å². The number of nitrogens with one attached hydrogen (secondary N) is 1. The van der Waals surface area contributed by atoms with Gasteiger partial charge in [0, 0.05) is 19.5 Å². The number of imide groups is 1. The van der Waals surface area contributed by atoms with Crippen LogP contribution in [0.15, 0.2) is 30.3 Å². The van der Waals surface area contributed by atoms with Crippen molar-refractivity contribution in [2.24, 2.45) is 0 Å². The number of carbonyl (C=O) groups is 3. The van der Waals surface area contributed by atoms with Crippen LogP contribution < -0.4 is 5.32 Å². The summed E-state index contributed by atoms with van der Waals surface area (Å²) in [5.74, 6) is -0.231. The zero-order chi connectivity index (χ0) is 18.5. The Balaban J connectivity index is 1.46. The molecule has 2 heterocycles. The van der Waals surface area contributed by atoms with E-state index in [0.29, 0.717) is 32.4 Å². The van der Waals surface area contributed by atoms with Crippen LogP contribution in [0.3, 0.4) is 0 Å². The van der Waals surface area contributed by atoms with E-state index in [1.165, 1.54) is 4.90 Å². The number of hydrogen-bond donors (Lipinski definition) is 2. The third-order valence-electron chi connectivity index (χ3n) is 5.06. The van der Waals surface area contributed by atoms with E-state index in [1.807, 2.05) is 30.3 Å². The summed E-state index contributed by atoms with van der Waals surface area (Å²) in [6.45, 7) is 1.25. The number of benzene rings is 1. The Hall–Kier alpha value is -2.41. The van der Waals surface area contributed by atoms with E-state index in [0.717, 1.165) is 18.4 Å². The third kappa shape index (κ3) is 4.22. The average molecular weight is 359 g/mol. The third-order valence-corrected chi connectivity index (χ3v) is 5.06. The molecule has 7 nitrogen and oxygen atoms in total. The number of unbranched alkanes of at least 4 members (excludes halogenated alkanes) is 1. The van der Waals surface area contributed by atoms with Crippen LogP contribution in [0, 0.1) is 0 Å². The van der Waals surface area contributed by atoms with Gasteiger partial charge in [0.15, 0.2) is 0 Å². The highest BCUT2D eigenvalue weighted by Crippen LogP contribution is 2.30. The number of likely N-dealkylation sites (tertiary alicyclic amines) is 1. The Kier molecular flexibility index (Phi) is 5.88. The number of aliphatic hydroxyl groups excluding tert-OH is 1. The second-order valence-corrected chi connectivity index (χ2v) is 6.88. The van der Waals surface area contributed by atoms with Gasteiger partial charge in [-0.1, -0.05) is 30.3 Å². The summed E-state index contributed by atoms with van der Waals surface area (Å²) in [6, 6.07) is 8.92. The van der Waals surface area contributed by atoms with E-state index in [4.69, 9.17) is 0 Å². The Morgan fingerprint density at radius 2 is 2.00 bits per heavy atom. The molecule has 1 aromatic rings. The van der Waals surface area contributed by atoms with Gasteiger partial charge in [0.1, 0.15) is 6.54 Å². The van der Waals surface area contributed by atoms with Crippen LogP contribution in [-0.4, -0.2) is 58.4 Å². The second kappa shape index (κ2) is 8.31. The first-order valence-corrected chi connectivity index (χ1v) is 9.17. The fourth-order valence-electron chi connectivity index (χ4n) is 3.69. The van der Waals surface area contributed by atoms with E-state index in [2.05, 4.69) is 5.32 Å². The summed E-state index contributed by atoms with van der Waals surface area (Å²) in [5, 5.41) is 12.9. The van der Waals surface area contributed by atoms with Crippen LogP contribution in [0.4, 0.5) is 4.79 Å². The van der Waals surface area contributed by atoms with Crippen LogP contribution in [0.2, 0.25) is 0 Å². The summed E-state index contributed by atoms with van der Waals surface area (Å²) in [4.78, 5) is 38.4. The zero-order valence-electron chi connectivity index (χ0n) is 14.8. The molecule has 0 bridgehead atoms. The van der Waals surface area contributed by atoms with Gasteiger partial charge >= 0.3 is 6.03 Å². The van der Waals surface area contributed by atoms with E-state index >= 15 is 0 Å². The molecule has 7 heteroatoms. The average Bonchev–Trinajstić information content (AvgIpc) is 3.25. The van der Waals surface area contributed by atoms with Crippen molar-refractivity contribution in [3.05, 3.63) is 35.9 Å². The summed E-state index contributed by atoms with van der Waals surface area (Å²) in [7, 11) is 0. The number of rotatable bonds is 7. The van der Waals surface area contributed by atoms with Crippen molar-refractivity contribution in [3.63, 3.8) is 0 Å². The van der Waals surface area contributed by atoms with Gasteiger partial charge < -0.3 is 14.9 Å². The first-order chi connectivity index (χ1) is 12.6. The lowest BCUT2D eigenvalue weighted by molar-refractivity contribution is -0.134. The van der Waals surface area contributed by atoms with Crippen LogP contribution in [0.5, 0.6) is 0 Å². The highest BCUT2D eigenvalue weighted by atomic mass is 16.3. The SMILES string of the molecule is O=C1CN(CCCCC(=O)N2CCC[C@H]2C(O)c2ccccc2)C(=O)N1. The summed E-state index contributed by atoms with van der Waals surface area (Å²) in [6.07, 6.45) is 2.76. The van der Waals surface area contributed by atoms with Crippen molar-refractivity contribution in [1.82, 2.24) is 15.1 Å². The number of hydrogen-bond acceptors (Lipinski definition) is 4. The molecule has 26 heavy (non-hydrogen) atoms. The molecular formula is C19H25N3O4. The zero-order valence-corrected chi connectivity index (χ0v) is 14.8. The number of carbonyl (C=O) groups excluding carboxylic acids is 3. The molecule has 0 radical (unpaired) electrons. The smallest absolute Gasteiger partial charge is 0.324 e.